The van der Waals surface area contributed by atoms with Gasteiger partial charge in [-0.05, 0) is 47.4 Å². The van der Waals surface area contributed by atoms with Crippen molar-refractivity contribution in [2.45, 2.75) is 44.2 Å². The van der Waals surface area contributed by atoms with Gasteiger partial charge in [0.05, 0.1) is 12.7 Å². The Morgan fingerprint density at radius 2 is 1.33 bits per heavy atom. The van der Waals surface area contributed by atoms with Crippen LogP contribution in [0.15, 0.2) is 109 Å². The van der Waals surface area contributed by atoms with Crippen molar-refractivity contribution >= 4 is 18.0 Å². The molecule has 0 bridgehead atoms. The molecule has 0 aliphatic heterocycles. The van der Waals surface area contributed by atoms with Crippen molar-refractivity contribution in [1.82, 2.24) is 15.5 Å². The van der Waals surface area contributed by atoms with Crippen molar-refractivity contribution in [1.29, 1.82) is 0 Å². The van der Waals surface area contributed by atoms with Gasteiger partial charge in [0.2, 0.25) is 5.91 Å². The quantitative estimate of drug-likeness (QED) is 0.177. The van der Waals surface area contributed by atoms with Gasteiger partial charge >= 0.3 is 12.1 Å². The molecular weight excluding hydrogens is 582 g/mol. The molecule has 0 fully saturated rings. The summed E-state index contributed by atoms with van der Waals surface area (Å²) in [6.45, 7) is 2.48. The fourth-order valence-electron chi connectivity index (χ4n) is 5.78. The number of carboxylic acids is 1. The summed E-state index contributed by atoms with van der Waals surface area (Å²) in [5.41, 5.74) is 6.26. The molecule has 0 saturated carbocycles. The molecule has 3 N–H and O–H groups in total. The van der Waals surface area contributed by atoms with E-state index in [9.17, 15) is 19.5 Å². The van der Waals surface area contributed by atoms with Crippen molar-refractivity contribution in [3.63, 3.8) is 0 Å². The first-order chi connectivity index (χ1) is 22.3. The van der Waals surface area contributed by atoms with Gasteiger partial charge in [-0.3, -0.25) is 9.69 Å². The number of likely N-dealkylation sites (N-methyl/N-ethyl adjacent to an activating group) is 1. The Kier molecular flexibility index (Phi) is 10.8. The van der Waals surface area contributed by atoms with E-state index in [0.717, 1.165) is 33.4 Å². The van der Waals surface area contributed by atoms with Crippen LogP contribution in [-0.4, -0.2) is 66.4 Å². The summed E-state index contributed by atoms with van der Waals surface area (Å²) in [6.07, 6.45) is -1.62. The number of carbonyl (C=O) groups is 3. The molecule has 5 rings (SSSR count). The molecule has 0 radical (unpaired) electrons. The highest BCUT2D eigenvalue weighted by molar-refractivity contribution is 5.89. The van der Waals surface area contributed by atoms with Crippen molar-refractivity contribution in [3.8, 4) is 11.1 Å². The van der Waals surface area contributed by atoms with Crippen LogP contribution < -0.4 is 10.6 Å². The summed E-state index contributed by atoms with van der Waals surface area (Å²) in [5, 5.41) is 15.3. The van der Waals surface area contributed by atoms with Crippen molar-refractivity contribution in [2.75, 3.05) is 20.2 Å². The van der Waals surface area contributed by atoms with Crippen LogP contribution in [0.2, 0.25) is 0 Å². The molecular formula is C37H39N3O6. The largest absolute Gasteiger partial charge is 0.480 e. The Balaban J connectivity index is 1.26. The molecule has 1 unspecified atom stereocenters. The zero-order valence-electron chi connectivity index (χ0n) is 26.0. The first kappa shape index (κ1) is 32.4. The number of carbonyl (C=O) groups excluding carboxylic acids is 2. The third kappa shape index (κ3) is 8.18. The lowest BCUT2D eigenvalue weighted by Crippen LogP contribution is -2.57. The highest BCUT2D eigenvalue weighted by Crippen LogP contribution is 2.44. The number of fused-ring (bicyclic) bond motifs is 3. The summed E-state index contributed by atoms with van der Waals surface area (Å²) >= 11 is 0. The Hall–Kier alpha value is -4.99. The lowest BCUT2D eigenvalue weighted by atomic mass is 9.98. The maximum Gasteiger partial charge on any atom is 0.407 e. The van der Waals surface area contributed by atoms with E-state index in [4.69, 9.17) is 9.47 Å². The molecule has 0 aromatic heterocycles. The van der Waals surface area contributed by atoms with Gasteiger partial charge in [0.15, 0.2) is 6.04 Å². The second-order valence-corrected chi connectivity index (χ2v) is 11.5. The molecule has 2 amide bonds. The highest BCUT2D eigenvalue weighted by Gasteiger charge is 2.33. The van der Waals surface area contributed by atoms with Gasteiger partial charge in [0.25, 0.3) is 0 Å². The predicted molar refractivity (Wildman–Crippen MR) is 175 cm³/mol. The minimum atomic E-state index is -1.34. The van der Waals surface area contributed by atoms with E-state index in [1.165, 1.54) is 0 Å². The number of amides is 2. The average Bonchev–Trinajstić information content (AvgIpc) is 3.39. The summed E-state index contributed by atoms with van der Waals surface area (Å²) in [7, 11) is 1.83. The Morgan fingerprint density at radius 1 is 0.783 bits per heavy atom. The highest BCUT2D eigenvalue weighted by atomic mass is 16.5. The van der Waals surface area contributed by atoms with Crippen LogP contribution in [0.25, 0.3) is 11.1 Å². The minimum absolute atomic E-state index is 0.0795. The first-order valence-electron chi connectivity index (χ1n) is 15.3. The minimum Gasteiger partial charge on any atom is -0.480 e. The maximum atomic E-state index is 13.6. The fraction of sp³-hybridized carbons (Fsp3) is 0.270. The zero-order valence-corrected chi connectivity index (χ0v) is 26.0. The molecule has 0 spiro atoms. The van der Waals surface area contributed by atoms with Crippen LogP contribution in [0.5, 0.6) is 0 Å². The lowest BCUT2D eigenvalue weighted by molar-refractivity contribution is -0.146. The number of aliphatic carboxylic acids is 1. The van der Waals surface area contributed by atoms with Gasteiger partial charge in [-0.15, -0.1) is 0 Å². The van der Waals surface area contributed by atoms with E-state index in [1.54, 1.807) is 6.92 Å². The number of nitrogens with one attached hydrogen (secondary N) is 2. The second-order valence-electron chi connectivity index (χ2n) is 11.5. The normalized spacial score (nSPS) is 14.1. The molecule has 238 valence electrons. The number of rotatable bonds is 14. The molecule has 3 atom stereocenters. The molecule has 4 aromatic rings. The van der Waals surface area contributed by atoms with Gasteiger partial charge in [0.1, 0.15) is 12.6 Å². The number of nitrogens with zero attached hydrogens (tertiary/aromatic N) is 1. The van der Waals surface area contributed by atoms with Gasteiger partial charge in [-0.25, -0.2) is 9.59 Å². The molecule has 1 aliphatic rings. The number of benzene rings is 4. The van der Waals surface area contributed by atoms with E-state index in [-0.39, 0.29) is 25.7 Å². The standard InChI is InChI=1S/C37H39N3O6/c1-25(45-23-27-15-7-4-8-16-27)34(36(42)43)39-35(41)33(22-40(2)21-26-13-5-3-6-14-26)38-37(44)46-24-32-30-19-11-9-17-28(30)29-18-10-12-20-31(29)32/h3-20,25,32-34H,21-24H2,1-2H3,(H,38,44)(H,39,41)(H,42,43)/t25-,33?,34+/m1/s1. The third-order valence-electron chi connectivity index (χ3n) is 8.13. The van der Waals surface area contributed by atoms with Crippen molar-refractivity contribution in [2.24, 2.45) is 0 Å². The van der Waals surface area contributed by atoms with Crippen molar-refractivity contribution < 1.29 is 29.0 Å². The van der Waals surface area contributed by atoms with Gasteiger partial charge in [-0.1, -0.05) is 109 Å². The summed E-state index contributed by atoms with van der Waals surface area (Å²) in [4.78, 5) is 41.0. The predicted octanol–water partition coefficient (Wildman–Crippen LogP) is 5.20. The number of hydrogen-bond donors (Lipinski definition) is 3. The van der Waals surface area contributed by atoms with E-state index < -0.39 is 36.2 Å². The zero-order chi connectivity index (χ0) is 32.5. The molecule has 46 heavy (non-hydrogen) atoms. The monoisotopic (exact) mass is 621 g/mol. The smallest absolute Gasteiger partial charge is 0.407 e. The van der Waals surface area contributed by atoms with Gasteiger partial charge in [0, 0.05) is 19.0 Å². The fourth-order valence-corrected chi connectivity index (χ4v) is 5.78. The first-order valence-corrected chi connectivity index (χ1v) is 15.3. The molecule has 0 saturated heterocycles. The number of ether oxygens (including phenoxy) is 2. The summed E-state index contributed by atoms with van der Waals surface area (Å²) < 4.78 is 11.5. The summed E-state index contributed by atoms with van der Waals surface area (Å²) in [5.74, 6) is -2.05. The van der Waals surface area contributed by atoms with Crippen LogP contribution >= 0.6 is 0 Å². The van der Waals surface area contributed by atoms with E-state index in [1.807, 2.05) is 109 Å². The number of carboxylic acid groups (broad SMARTS) is 1. The molecule has 9 nitrogen and oxygen atoms in total. The number of alkyl carbamates (subject to hydrolysis) is 1. The Morgan fingerprint density at radius 3 is 1.91 bits per heavy atom. The van der Waals surface area contributed by atoms with Crippen LogP contribution in [-0.2, 0) is 32.2 Å². The SMILES string of the molecule is C[C@@H](OCc1ccccc1)[C@H](NC(=O)C(CN(C)Cc1ccccc1)NC(=O)OCC1c2ccccc2-c2ccccc21)C(=O)O. The average molecular weight is 622 g/mol. The lowest BCUT2D eigenvalue weighted by Gasteiger charge is -2.27. The molecule has 0 heterocycles. The van der Waals surface area contributed by atoms with Crippen LogP contribution in [0.1, 0.15) is 35.1 Å². The molecule has 4 aromatic carbocycles. The van der Waals surface area contributed by atoms with Crippen molar-refractivity contribution in [3.05, 3.63) is 131 Å². The van der Waals surface area contributed by atoms with Crippen LogP contribution in [0.4, 0.5) is 4.79 Å². The molecule has 1 aliphatic carbocycles. The Bertz CT molecular complexity index is 1590. The van der Waals surface area contributed by atoms with E-state index in [2.05, 4.69) is 22.8 Å². The maximum absolute atomic E-state index is 13.6. The van der Waals surface area contributed by atoms with Crippen LogP contribution in [0, 0.1) is 0 Å². The topological polar surface area (TPSA) is 117 Å². The van der Waals surface area contributed by atoms with E-state index >= 15 is 0 Å². The van der Waals surface area contributed by atoms with E-state index in [0.29, 0.717) is 6.54 Å². The third-order valence-corrected chi connectivity index (χ3v) is 8.13. The van der Waals surface area contributed by atoms with Gasteiger partial charge < -0.3 is 25.2 Å². The Labute approximate surface area is 269 Å². The van der Waals surface area contributed by atoms with Gasteiger partial charge in [-0.2, -0.15) is 0 Å². The van der Waals surface area contributed by atoms with Crippen LogP contribution in [0.3, 0.4) is 0 Å². The second kappa shape index (κ2) is 15.3. The molecule has 9 heteroatoms. The summed E-state index contributed by atoms with van der Waals surface area (Å²) in [6, 6.07) is 32.7. The number of hydrogen-bond acceptors (Lipinski definition) is 6.